The van der Waals surface area contributed by atoms with Gasteiger partial charge in [0.25, 0.3) is 0 Å². The van der Waals surface area contributed by atoms with Gasteiger partial charge in [-0.2, -0.15) is 5.26 Å². The summed E-state index contributed by atoms with van der Waals surface area (Å²) in [5.41, 5.74) is 0.863. The number of nitrogens with zero attached hydrogens (tertiary/aromatic N) is 1. The Morgan fingerprint density at radius 3 is 2.14 bits per heavy atom. The molecule has 0 amide bonds. The quantitative estimate of drug-likeness (QED) is 0.650. The van der Waals surface area contributed by atoms with E-state index in [4.69, 9.17) is 5.26 Å². The number of hydrogen-bond donors (Lipinski definition) is 0. The highest BCUT2D eigenvalue weighted by Gasteiger charge is 2.52. The lowest BCUT2D eigenvalue weighted by molar-refractivity contribution is -0.0888. The molecule has 1 rings (SSSR count). The van der Waals surface area contributed by atoms with Gasteiger partial charge in [-0.05, 0) is 35.5 Å². The van der Waals surface area contributed by atoms with Crippen molar-refractivity contribution in [1.29, 1.82) is 5.26 Å². The van der Waals surface area contributed by atoms with Crippen molar-refractivity contribution < 1.29 is 0 Å². The van der Waals surface area contributed by atoms with E-state index in [1.54, 1.807) is 0 Å². The lowest BCUT2D eigenvalue weighted by Gasteiger charge is -2.58. The van der Waals surface area contributed by atoms with Crippen molar-refractivity contribution in [3.63, 3.8) is 0 Å². The molecule has 0 N–H and O–H groups in total. The second-order valence-corrected chi connectivity index (χ2v) is 6.20. The van der Waals surface area contributed by atoms with Gasteiger partial charge in [0, 0.05) is 6.42 Å². The van der Waals surface area contributed by atoms with Crippen LogP contribution in [0.3, 0.4) is 0 Å². The van der Waals surface area contributed by atoms with Crippen LogP contribution in [0.15, 0.2) is 0 Å². The van der Waals surface area contributed by atoms with Gasteiger partial charge in [0.15, 0.2) is 0 Å². The van der Waals surface area contributed by atoms with Crippen LogP contribution in [-0.2, 0) is 0 Å². The molecular formula is C13H23N. The Balaban J connectivity index is 2.69. The van der Waals surface area contributed by atoms with E-state index in [-0.39, 0.29) is 0 Å². The zero-order chi connectivity index (χ0) is 11.0. The van der Waals surface area contributed by atoms with Crippen LogP contribution in [-0.4, -0.2) is 0 Å². The molecule has 1 aliphatic rings. The molecule has 0 heterocycles. The summed E-state index contributed by atoms with van der Waals surface area (Å²) >= 11 is 0. The van der Waals surface area contributed by atoms with Gasteiger partial charge in [-0.1, -0.05) is 34.6 Å². The van der Waals surface area contributed by atoms with Crippen molar-refractivity contribution >= 4 is 0 Å². The largest absolute Gasteiger partial charge is 0.198 e. The fraction of sp³-hybridized carbons (Fsp3) is 0.923. The Labute approximate surface area is 88.5 Å². The molecule has 1 saturated carbocycles. The Hall–Kier alpha value is -0.510. The fourth-order valence-electron chi connectivity index (χ4n) is 3.19. The van der Waals surface area contributed by atoms with E-state index in [0.29, 0.717) is 16.7 Å². The van der Waals surface area contributed by atoms with Crippen molar-refractivity contribution in [3.05, 3.63) is 0 Å². The first kappa shape index (κ1) is 11.6. The van der Waals surface area contributed by atoms with Crippen LogP contribution in [0.25, 0.3) is 0 Å². The SMILES string of the molecule is CC(C)C1(C(C)(C)C)CC(CC#N)C1. The van der Waals surface area contributed by atoms with Crippen LogP contribution >= 0.6 is 0 Å². The molecule has 0 aliphatic heterocycles. The summed E-state index contributed by atoms with van der Waals surface area (Å²) in [4.78, 5) is 0. The third kappa shape index (κ3) is 1.67. The molecule has 0 unspecified atom stereocenters. The van der Waals surface area contributed by atoms with Crippen molar-refractivity contribution in [2.45, 2.75) is 53.9 Å². The molecule has 0 bridgehead atoms. The lowest BCUT2D eigenvalue weighted by Crippen LogP contribution is -2.50. The predicted molar refractivity (Wildman–Crippen MR) is 59.7 cm³/mol. The van der Waals surface area contributed by atoms with E-state index in [9.17, 15) is 0 Å². The van der Waals surface area contributed by atoms with E-state index in [2.05, 4.69) is 40.7 Å². The Kier molecular flexibility index (Phi) is 2.95. The maximum Gasteiger partial charge on any atom is 0.0624 e. The topological polar surface area (TPSA) is 23.8 Å². The molecule has 0 saturated heterocycles. The Bertz CT molecular complexity index is 233. The van der Waals surface area contributed by atoms with Crippen LogP contribution in [0.5, 0.6) is 0 Å². The Morgan fingerprint density at radius 2 is 1.86 bits per heavy atom. The monoisotopic (exact) mass is 193 g/mol. The number of rotatable bonds is 2. The smallest absolute Gasteiger partial charge is 0.0624 e. The highest BCUT2D eigenvalue weighted by Crippen LogP contribution is 2.61. The van der Waals surface area contributed by atoms with Gasteiger partial charge in [0.2, 0.25) is 0 Å². The third-order valence-electron chi connectivity index (χ3n) is 4.28. The molecule has 0 radical (unpaired) electrons. The van der Waals surface area contributed by atoms with Gasteiger partial charge < -0.3 is 0 Å². The van der Waals surface area contributed by atoms with Gasteiger partial charge in [-0.15, -0.1) is 0 Å². The van der Waals surface area contributed by atoms with Crippen molar-refractivity contribution in [2.75, 3.05) is 0 Å². The third-order valence-corrected chi connectivity index (χ3v) is 4.28. The summed E-state index contributed by atoms with van der Waals surface area (Å²) < 4.78 is 0. The van der Waals surface area contributed by atoms with Gasteiger partial charge in [-0.25, -0.2) is 0 Å². The van der Waals surface area contributed by atoms with E-state index in [1.807, 2.05) is 0 Å². The standard InChI is InChI=1S/C13H23N/c1-10(2)13(12(3,4)5)8-11(9-13)6-7-14/h10-11H,6,8-9H2,1-5H3. The molecule has 0 spiro atoms. The molecule has 1 aliphatic carbocycles. The predicted octanol–water partition coefficient (Wildman–Crippen LogP) is 4.00. The second-order valence-electron chi connectivity index (χ2n) is 6.20. The summed E-state index contributed by atoms with van der Waals surface area (Å²) in [7, 11) is 0. The van der Waals surface area contributed by atoms with Crippen LogP contribution in [0.2, 0.25) is 0 Å². The summed E-state index contributed by atoms with van der Waals surface area (Å²) in [6, 6.07) is 2.30. The van der Waals surface area contributed by atoms with E-state index in [1.165, 1.54) is 12.8 Å². The van der Waals surface area contributed by atoms with E-state index in [0.717, 1.165) is 12.3 Å². The van der Waals surface area contributed by atoms with Crippen molar-refractivity contribution in [1.82, 2.24) is 0 Å². The van der Waals surface area contributed by atoms with Gasteiger partial charge >= 0.3 is 0 Å². The maximum atomic E-state index is 8.66. The molecule has 1 fully saturated rings. The molecule has 14 heavy (non-hydrogen) atoms. The first-order chi connectivity index (χ1) is 6.33. The van der Waals surface area contributed by atoms with Gasteiger partial charge in [0.05, 0.1) is 6.07 Å². The minimum absolute atomic E-state index is 0.382. The van der Waals surface area contributed by atoms with Crippen molar-refractivity contribution in [3.8, 4) is 6.07 Å². The highest BCUT2D eigenvalue weighted by atomic mass is 14.6. The average Bonchev–Trinajstić information content (AvgIpc) is 1.91. The highest BCUT2D eigenvalue weighted by molar-refractivity contribution is 5.04. The van der Waals surface area contributed by atoms with Crippen molar-refractivity contribution in [2.24, 2.45) is 22.7 Å². The van der Waals surface area contributed by atoms with Crippen LogP contribution < -0.4 is 0 Å². The normalized spacial score (nSPS) is 32.5. The molecule has 80 valence electrons. The van der Waals surface area contributed by atoms with Crippen LogP contribution in [0.4, 0.5) is 0 Å². The first-order valence-electron chi connectivity index (χ1n) is 5.70. The van der Waals surface area contributed by atoms with E-state index >= 15 is 0 Å². The van der Waals surface area contributed by atoms with Crippen LogP contribution in [0.1, 0.15) is 53.9 Å². The average molecular weight is 193 g/mol. The van der Waals surface area contributed by atoms with E-state index < -0.39 is 0 Å². The Morgan fingerprint density at radius 1 is 1.36 bits per heavy atom. The maximum absolute atomic E-state index is 8.66. The summed E-state index contributed by atoms with van der Waals surface area (Å²) in [5, 5.41) is 8.66. The second kappa shape index (κ2) is 3.57. The molecule has 0 aromatic carbocycles. The zero-order valence-electron chi connectivity index (χ0n) is 10.2. The minimum atomic E-state index is 0.382. The minimum Gasteiger partial charge on any atom is -0.198 e. The van der Waals surface area contributed by atoms with Gasteiger partial charge in [0.1, 0.15) is 0 Å². The molecule has 0 atom stereocenters. The van der Waals surface area contributed by atoms with Gasteiger partial charge in [-0.3, -0.25) is 0 Å². The van der Waals surface area contributed by atoms with Crippen LogP contribution in [0, 0.1) is 34.0 Å². The molecule has 1 heteroatoms. The first-order valence-corrected chi connectivity index (χ1v) is 5.70. The number of nitriles is 1. The summed E-state index contributed by atoms with van der Waals surface area (Å²) in [6.07, 6.45) is 3.26. The lowest BCUT2D eigenvalue weighted by atomic mass is 9.46. The molecule has 1 nitrogen and oxygen atoms in total. The summed E-state index contributed by atoms with van der Waals surface area (Å²) in [6.45, 7) is 11.7. The fourth-order valence-corrected chi connectivity index (χ4v) is 3.19. The number of hydrogen-bond acceptors (Lipinski definition) is 1. The summed E-state index contributed by atoms with van der Waals surface area (Å²) in [5.74, 6) is 1.40. The zero-order valence-corrected chi connectivity index (χ0v) is 10.2. The molecular weight excluding hydrogens is 170 g/mol. The molecule has 0 aromatic rings. The molecule has 0 aromatic heterocycles.